The molecule has 2 aromatic carbocycles. The average Bonchev–Trinajstić information content (AvgIpc) is 3.23. The van der Waals surface area contributed by atoms with Gasteiger partial charge in [0.15, 0.2) is 0 Å². The quantitative estimate of drug-likeness (QED) is 0.628. The van der Waals surface area contributed by atoms with E-state index in [0.717, 1.165) is 22.4 Å². The molecule has 0 saturated heterocycles. The van der Waals surface area contributed by atoms with E-state index in [-0.39, 0.29) is 6.03 Å². The fraction of sp³-hybridized carbons (Fsp3) is 0.227. The van der Waals surface area contributed by atoms with Crippen LogP contribution >= 0.6 is 11.6 Å². The largest absolute Gasteiger partial charge is 0.383 e. The molecule has 0 bridgehead atoms. The topological polar surface area (TPSA) is 80.5 Å². The highest BCUT2D eigenvalue weighted by atomic mass is 35.5. The number of methoxy groups -OCH3 is 1. The van der Waals surface area contributed by atoms with Crippen molar-refractivity contribution in [2.45, 2.75) is 13.0 Å². The minimum atomic E-state index is -0.473. The number of benzene rings is 2. The molecule has 2 heterocycles. The van der Waals surface area contributed by atoms with Crippen molar-refractivity contribution in [2.24, 2.45) is 0 Å². The number of rotatable bonds is 6. The standard InChI is InChI=1S/C22H21ClN4O3/c1-14-18(21-25-20(26-30-21)15-7-4-3-5-8-15)19(16-9-6-10-17(23)13-16)24-22(28)27(14)11-12-29-2/h3-10,13,19H,11-12H2,1-2H3,(H,24,28). The lowest BCUT2D eigenvalue weighted by Gasteiger charge is -2.35. The van der Waals surface area contributed by atoms with Crippen molar-refractivity contribution in [2.75, 3.05) is 20.3 Å². The predicted octanol–water partition coefficient (Wildman–Crippen LogP) is 4.53. The maximum Gasteiger partial charge on any atom is 0.322 e. The van der Waals surface area contributed by atoms with Crippen LogP contribution in [0.25, 0.3) is 17.0 Å². The number of urea groups is 1. The molecule has 0 saturated carbocycles. The van der Waals surface area contributed by atoms with E-state index < -0.39 is 6.04 Å². The van der Waals surface area contributed by atoms with Gasteiger partial charge >= 0.3 is 6.03 Å². The summed E-state index contributed by atoms with van der Waals surface area (Å²) in [6.45, 7) is 2.67. The lowest BCUT2D eigenvalue weighted by Crippen LogP contribution is -2.47. The lowest BCUT2D eigenvalue weighted by atomic mass is 9.94. The van der Waals surface area contributed by atoms with Crippen LogP contribution in [-0.4, -0.2) is 41.3 Å². The van der Waals surface area contributed by atoms with Crippen LogP contribution in [0.5, 0.6) is 0 Å². The van der Waals surface area contributed by atoms with Crippen LogP contribution in [-0.2, 0) is 4.74 Å². The molecule has 2 amide bonds. The zero-order valence-electron chi connectivity index (χ0n) is 16.6. The number of hydrogen-bond donors (Lipinski definition) is 1. The van der Waals surface area contributed by atoms with Gasteiger partial charge in [0.25, 0.3) is 5.89 Å². The number of carbonyl (C=O) groups is 1. The van der Waals surface area contributed by atoms with Crippen molar-refractivity contribution in [1.29, 1.82) is 0 Å². The number of carbonyl (C=O) groups excluding carboxylic acids is 1. The van der Waals surface area contributed by atoms with E-state index >= 15 is 0 Å². The first kappa shape index (κ1) is 20.1. The summed E-state index contributed by atoms with van der Waals surface area (Å²) in [5, 5.41) is 7.76. The highest BCUT2D eigenvalue weighted by Crippen LogP contribution is 2.37. The van der Waals surface area contributed by atoms with Crippen molar-refractivity contribution in [3.05, 3.63) is 76.8 Å². The molecule has 8 heteroatoms. The van der Waals surface area contributed by atoms with Gasteiger partial charge in [-0.05, 0) is 24.6 Å². The Hall–Kier alpha value is -3.16. The molecule has 4 rings (SSSR count). The van der Waals surface area contributed by atoms with Crippen LogP contribution < -0.4 is 5.32 Å². The molecule has 1 aliphatic rings. The second-order valence-electron chi connectivity index (χ2n) is 6.87. The Bertz CT molecular complexity index is 1080. The number of halogens is 1. The number of aromatic nitrogens is 2. The first-order valence-corrected chi connectivity index (χ1v) is 9.89. The van der Waals surface area contributed by atoms with Crippen molar-refractivity contribution in [3.8, 4) is 11.4 Å². The van der Waals surface area contributed by atoms with Crippen LogP contribution in [0, 0.1) is 0 Å². The molecule has 1 aromatic heterocycles. The maximum absolute atomic E-state index is 12.8. The number of nitrogens with zero attached hydrogens (tertiary/aromatic N) is 3. The second-order valence-corrected chi connectivity index (χ2v) is 7.31. The number of nitrogens with one attached hydrogen (secondary N) is 1. The molecule has 0 radical (unpaired) electrons. The Balaban J connectivity index is 1.81. The summed E-state index contributed by atoms with van der Waals surface area (Å²) in [5.41, 5.74) is 3.13. The first-order chi connectivity index (χ1) is 14.6. The Labute approximate surface area is 179 Å². The van der Waals surface area contributed by atoms with E-state index in [1.165, 1.54) is 0 Å². The van der Waals surface area contributed by atoms with E-state index in [1.807, 2.05) is 55.5 Å². The van der Waals surface area contributed by atoms with Gasteiger partial charge in [-0.3, -0.25) is 4.90 Å². The Morgan fingerprint density at radius 1 is 1.20 bits per heavy atom. The van der Waals surface area contributed by atoms with Gasteiger partial charge in [-0.1, -0.05) is 59.2 Å². The van der Waals surface area contributed by atoms with Crippen LogP contribution in [0.15, 0.2) is 64.8 Å². The van der Waals surface area contributed by atoms with Crippen molar-refractivity contribution in [1.82, 2.24) is 20.4 Å². The van der Waals surface area contributed by atoms with E-state index in [9.17, 15) is 4.79 Å². The predicted molar refractivity (Wildman–Crippen MR) is 114 cm³/mol. The minimum absolute atomic E-state index is 0.221. The lowest BCUT2D eigenvalue weighted by molar-refractivity contribution is 0.158. The molecule has 1 atom stereocenters. The molecule has 1 aliphatic heterocycles. The summed E-state index contributed by atoms with van der Waals surface area (Å²) in [4.78, 5) is 19.0. The second kappa shape index (κ2) is 8.69. The van der Waals surface area contributed by atoms with Crippen LogP contribution in [0.3, 0.4) is 0 Å². The third kappa shape index (κ3) is 3.94. The van der Waals surface area contributed by atoms with Crippen molar-refractivity contribution >= 4 is 23.2 Å². The molecule has 1 N–H and O–H groups in total. The van der Waals surface area contributed by atoms with Crippen molar-refractivity contribution < 1.29 is 14.1 Å². The Kier molecular flexibility index (Phi) is 5.83. The Morgan fingerprint density at radius 3 is 2.73 bits per heavy atom. The van der Waals surface area contributed by atoms with Gasteiger partial charge in [0.2, 0.25) is 5.82 Å². The van der Waals surface area contributed by atoms with Gasteiger partial charge in [-0.2, -0.15) is 4.98 Å². The number of ether oxygens (including phenoxy) is 1. The molecular weight excluding hydrogens is 404 g/mol. The summed E-state index contributed by atoms with van der Waals surface area (Å²) in [7, 11) is 1.60. The number of hydrogen-bond acceptors (Lipinski definition) is 5. The van der Waals surface area contributed by atoms with Gasteiger partial charge in [-0.15, -0.1) is 0 Å². The summed E-state index contributed by atoms with van der Waals surface area (Å²) in [6, 6.07) is 16.2. The molecule has 0 aliphatic carbocycles. The number of amides is 2. The van der Waals surface area contributed by atoms with Crippen molar-refractivity contribution in [3.63, 3.8) is 0 Å². The fourth-order valence-corrected chi connectivity index (χ4v) is 3.68. The van der Waals surface area contributed by atoms with E-state index in [1.54, 1.807) is 18.1 Å². The zero-order chi connectivity index (χ0) is 21.1. The molecule has 0 spiro atoms. The van der Waals surface area contributed by atoms with Gasteiger partial charge in [0, 0.05) is 23.4 Å². The highest BCUT2D eigenvalue weighted by molar-refractivity contribution is 6.30. The van der Waals surface area contributed by atoms with Crippen LogP contribution in [0.2, 0.25) is 5.02 Å². The monoisotopic (exact) mass is 424 g/mol. The summed E-state index contributed by atoms with van der Waals surface area (Å²) >= 11 is 6.20. The molecule has 7 nitrogen and oxygen atoms in total. The first-order valence-electron chi connectivity index (χ1n) is 9.51. The molecule has 30 heavy (non-hydrogen) atoms. The minimum Gasteiger partial charge on any atom is -0.383 e. The maximum atomic E-state index is 12.8. The van der Waals surface area contributed by atoms with E-state index in [2.05, 4.69) is 15.5 Å². The molecule has 154 valence electrons. The normalized spacial score (nSPS) is 16.7. The zero-order valence-corrected chi connectivity index (χ0v) is 17.4. The van der Waals surface area contributed by atoms with E-state index in [4.69, 9.17) is 20.9 Å². The molecular formula is C22H21ClN4O3. The van der Waals surface area contributed by atoms with E-state index in [0.29, 0.717) is 29.9 Å². The summed E-state index contributed by atoms with van der Waals surface area (Å²) in [6.07, 6.45) is 0. The third-order valence-electron chi connectivity index (χ3n) is 4.99. The van der Waals surface area contributed by atoms with Crippen LogP contribution in [0.4, 0.5) is 4.79 Å². The molecule has 3 aromatic rings. The Morgan fingerprint density at radius 2 is 2.00 bits per heavy atom. The summed E-state index contributed by atoms with van der Waals surface area (Å²) < 4.78 is 10.8. The average molecular weight is 425 g/mol. The number of allylic oxidation sites excluding steroid dienone is 1. The highest BCUT2D eigenvalue weighted by Gasteiger charge is 2.35. The molecule has 1 unspecified atom stereocenters. The summed E-state index contributed by atoms with van der Waals surface area (Å²) in [5.74, 6) is 0.829. The fourth-order valence-electron chi connectivity index (χ4n) is 3.48. The molecule has 0 fully saturated rings. The SMILES string of the molecule is COCCN1C(=O)NC(c2cccc(Cl)c2)C(c2nc(-c3ccccc3)no2)=C1C. The van der Waals surface area contributed by atoms with Gasteiger partial charge in [-0.25, -0.2) is 4.79 Å². The van der Waals surface area contributed by atoms with Crippen LogP contribution in [0.1, 0.15) is 24.4 Å². The third-order valence-corrected chi connectivity index (χ3v) is 5.22. The van der Waals surface area contributed by atoms with Gasteiger partial charge in [0.1, 0.15) is 0 Å². The smallest absolute Gasteiger partial charge is 0.322 e. The van der Waals surface area contributed by atoms with Gasteiger partial charge < -0.3 is 14.6 Å². The van der Waals surface area contributed by atoms with Gasteiger partial charge in [0.05, 0.1) is 24.8 Å².